The normalized spacial score (nSPS) is 16.4. The highest BCUT2D eigenvalue weighted by molar-refractivity contribution is 9.10. The number of fused-ring (bicyclic) bond motifs is 6. The van der Waals surface area contributed by atoms with E-state index in [1.165, 1.54) is 55.6 Å². The van der Waals surface area contributed by atoms with Gasteiger partial charge in [0.1, 0.15) is 0 Å². The van der Waals surface area contributed by atoms with Gasteiger partial charge in [0, 0.05) is 15.3 Å². The molecular weight excluding hydrogens is 440 g/mol. The molecule has 0 saturated heterocycles. The summed E-state index contributed by atoms with van der Waals surface area (Å²) in [6, 6.07) is 29.6. The molecule has 0 unspecified atom stereocenters. The third-order valence-corrected chi connectivity index (χ3v) is 8.05. The first kappa shape index (κ1) is 19.1. The summed E-state index contributed by atoms with van der Waals surface area (Å²) in [4.78, 5) is 0. The first-order valence-electron chi connectivity index (χ1n) is 11.0. The van der Waals surface area contributed by atoms with Crippen molar-refractivity contribution in [2.75, 3.05) is 0 Å². The molecule has 0 fully saturated rings. The summed E-state index contributed by atoms with van der Waals surface area (Å²) in [5.74, 6) is 0. The molecule has 0 saturated carbocycles. The van der Waals surface area contributed by atoms with Gasteiger partial charge < -0.3 is 0 Å². The largest absolute Gasteiger partial charge is 0.0619 e. The van der Waals surface area contributed by atoms with Gasteiger partial charge in [0.15, 0.2) is 0 Å². The minimum atomic E-state index is -0.00328. The van der Waals surface area contributed by atoms with Crippen LogP contribution < -0.4 is 0 Å². The Labute approximate surface area is 193 Å². The van der Waals surface area contributed by atoms with Gasteiger partial charge in [0.25, 0.3) is 0 Å². The van der Waals surface area contributed by atoms with Crippen LogP contribution in [0.15, 0.2) is 83.3 Å². The van der Waals surface area contributed by atoms with Gasteiger partial charge in [-0.25, -0.2) is 0 Å². The van der Waals surface area contributed by atoms with E-state index in [-0.39, 0.29) is 10.8 Å². The lowest BCUT2D eigenvalue weighted by atomic mass is 9.80. The number of hydrogen-bond donors (Lipinski definition) is 0. The zero-order valence-electron chi connectivity index (χ0n) is 18.4. The molecule has 0 aliphatic heterocycles. The predicted molar refractivity (Wildman–Crippen MR) is 135 cm³/mol. The molecule has 2 aliphatic carbocycles. The Bertz CT molecular complexity index is 1390. The standard InChI is InChI=1S/C30H25Br/c1-29(2)25-8-6-5-7-21(25)22-12-9-18(15-26(22)29)19-10-13-23-24-14-11-20(31)17-28(24)30(3,4)27(23)16-19/h5-17H,1-4H3. The molecule has 4 aromatic rings. The molecule has 0 aromatic heterocycles. The monoisotopic (exact) mass is 464 g/mol. The first-order valence-corrected chi connectivity index (χ1v) is 11.8. The third-order valence-electron chi connectivity index (χ3n) is 7.55. The van der Waals surface area contributed by atoms with Crippen molar-refractivity contribution in [2.45, 2.75) is 38.5 Å². The van der Waals surface area contributed by atoms with Gasteiger partial charge in [0.05, 0.1) is 0 Å². The van der Waals surface area contributed by atoms with Crippen LogP contribution in [0.2, 0.25) is 0 Å². The zero-order chi connectivity index (χ0) is 21.5. The van der Waals surface area contributed by atoms with Crippen LogP contribution in [0.3, 0.4) is 0 Å². The van der Waals surface area contributed by atoms with E-state index in [1.807, 2.05) is 0 Å². The van der Waals surface area contributed by atoms with Crippen molar-refractivity contribution in [3.63, 3.8) is 0 Å². The Balaban J connectivity index is 1.50. The highest BCUT2D eigenvalue weighted by Gasteiger charge is 2.37. The van der Waals surface area contributed by atoms with Gasteiger partial charge in [-0.2, -0.15) is 0 Å². The van der Waals surface area contributed by atoms with Crippen molar-refractivity contribution >= 4 is 15.9 Å². The molecule has 0 nitrogen and oxygen atoms in total. The molecule has 0 heterocycles. The van der Waals surface area contributed by atoms with E-state index in [4.69, 9.17) is 0 Å². The summed E-state index contributed by atoms with van der Waals surface area (Å²) in [6.07, 6.45) is 0. The lowest BCUT2D eigenvalue weighted by molar-refractivity contribution is 0.659. The second kappa shape index (κ2) is 6.20. The summed E-state index contributed by atoms with van der Waals surface area (Å²) in [5.41, 5.74) is 13.8. The van der Waals surface area contributed by atoms with E-state index in [0.29, 0.717) is 0 Å². The maximum atomic E-state index is 3.66. The molecule has 152 valence electrons. The van der Waals surface area contributed by atoms with Crippen LogP contribution >= 0.6 is 15.9 Å². The number of hydrogen-bond acceptors (Lipinski definition) is 0. The minimum Gasteiger partial charge on any atom is -0.0619 e. The van der Waals surface area contributed by atoms with Crippen molar-refractivity contribution in [2.24, 2.45) is 0 Å². The lowest BCUT2D eigenvalue weighted by Gasteiger charge is -2.23. The summed E-state index contributed by atoms with van der Waals surface area (Å²) >= 11 is 3.66. The molecule has 0 amide bonds. The van der Waals surface area contributed by atoms with Crippen LogP contribution in [-0.4, -0.2) is 0 Å². The van der Waals surface area contributed by atoms with Crippen LogP contribution in [0.4, 0.5) is 0 Å². The summed E-state index contributed by atoms with van der Waals surface area (Å²) in [5, 5.41) is 0. The van der Waals surface area contributed by atoms with E-state index in [9.17, 15) is 0 Å². The Hall–Kier alpha value is -2.64. The number of rotatable bonds is 1. The van der Waals surface area contributed by atoms with Gasteiger partial charge >= 0.3 is 0 Å². The minimum absolute atomic E-state index is 0.00328. The molecule has 2 aliphatic rings. The van der Waals surface area contributed by atoms with Gasteiger partial charge in [-0.15, -0.1) is 0 Å². The number of benzene rings is 4. The van der Waals surface area contributed by atoms with Crippen LogP contribution in [0.25, 0.3) is 33.4 Å². The molecule has 6 rings (SSSR count). The molecule has 0 N–H and O–H groups in total. The molecule has 0 radical (unpaired) electrons. The summed E-state index contributed by atoms with van der Waals surface area (Å²) in [6.45, 7) is 9.39. The third kappa shape index (κ3) is 2.53. The topological polar surface area (TPSA) is 0 Å². The second-order valence-electron chi connectivity index (χ2n) is 10.0. The molecule has 1 heteroatoms. The lowest BCUT2D eigenvalue weighted by Crippen LogP contribution is -2.15. The Morgan fingerprint density at radius 2 is 0.935 bits per heavy atom. The maximum absolute atomic E-state index is 3.66. The van der Waals surface area contributed by atoms with Crippen LogP contribution in [-0.2, 0) is 10.8 Å². The fraction of sp³-hybridized carbons (Fsp3) is 0.200. The van der Waals surface area contributed by atoms with Gasteiger partial charge in [-0.3, -0.25) is 0 Å². The number of halogens is 1. The molecule has 0 bridgehead atoms. The zero-order valence-corrected chi connectivity index (χ0v) is 20.0. The van der Waals surface area contributed by atoms with E-state index < -0.39 is 0 Å². The second-order valence-corrected chi connectivity index (χ2v) is 10.9. The average Bonchev–Trinajstić information content (AvgIpc) is 3.13. The smallest absolute Gasteiger partial charge is 0.0178 e. The Morgan fingerprint density at radius 3 is 1.55 bits per heavy atom. The first-order chi connectivity index (χ1) is 14.8. The van der Waals surface area contributed by atoms with Crippen molar-refractivity contribution < 1.29 is 0 Å². The molecule has 0 spiro atoms. The van der Waals surface area contributed by atoms with Gasteiger partial charge in [0.2, 0.25) is 0 Å². The average molecular weight is 465 g/mol. The van der Waals surface area contributed by atoms with E-state index >= 15 is 0 Å². The van der Waals surface area contributed by atoms with E-state index in [2.05, 4.69) is 122 Å². The van der Waals surface area contributed by atoms with Gasteiger partial charge in [-0.1, -0.05) is 98.2 Å². The van der Waals surface area contributed by atoms with Crippen molar-refractivity contribution in [1.29, 1.82) is 0 Å². The van der Waals surface area contributed by atoms with E-state index in [0.717, 1.165) is 4.47 Å². The molecule has 4 aromatic carbocycles. The van der Waals surface area contributed by atoms with Crippen LogP contribution in [0.1, 0.15) is 49.9 Å². The van der Waals surface area contributed by atoms with Crippen LogP contribution in [0, 0.1) is 0 Å². The molecular formula is C30H25Br. The molecule has 0 atom stereocenters. The fourth-order valence-corrected chi connectivity index (χ4v) is 6.13. The van der Waals surface area contributed by atoms with Gasteiger partial charge in [-0.05, 0) is 79.9 Å². The SMILES string of the molecule is CC1(C)c2ccccc2-c2ccc(-c3ccc4c(c3)C(C)(C)c3cc(Br)ccc3-4)cc21. The predicted octanol–water partition coefficient (Wildman–Crippen LogP) is 8.73. The van der Waals surface area contributed by atoms with Crippen molar-refractivity contribution in [3.8, 4) is 33.4 Å². The maximum Gasteiger partial charge on any atom is 0.0178 e. The molecule has 31 heavy (non-hydrogen) atoms. The Morgan fingerprint density at radius 1 is 0.484 bits per heavy atom. The van der Waals surface area contributed by atoms with Crippen LogP contribution in [0.5, 0.6) is 0 Å². The highest BCUT2D eigenvalue weighted by Crippen LogP contribution is 2.52. The fourth-order valence-electron chi connectivity index (χ4n) is 5.77. The van der Waals surface area contributed by atoms with Crippen molar-refractivity contribution in [1.82, 2.24) is 0 Å². The van der Waals surface area contributed by atoms with Crippen molar-refractivity contribution in [3.05, 3.63) is 106 Å². The quantitative estimate of drug-likeness (QED) is 0.264. The van der Waals surface area contributed by atoms with E-state index in [1.54, 1.807) is 0 Å². The summed E-state index contributed by atoms with van der Waals surface area (Å²) in [7, 11) is 0. The Kier molecular flexibility index (Phi) is 3.82. The summed E-state index contributed by atoms with van der Waals surface area (Å²) < 4.78 is 1.15. The highest BCUT2D eigenvalue weighted by atomic mass is 79.9.